The minimum atomic E-state index is -0.260. The lowest BCUT2D eigenvalue weighted by Gasteiger charge is -2.16. The molecule has 3 N–H and O–H groups in total. The summed E-state index contributed by atoms with van der Waals surface area (Å²) in [5, 5.41) is 19.7. The number of aromatic amines is 1. The number of rotatable bonds is 5. The van der Waals surface area contributed by atoms with Gasteiger partial charge in [0.25, 0.3) is 5.91 Å². The zero-order chi connectivity index (χ0) is 17.8. The Morgan fingerprint density at radius 3 is 2.80 bits per heavy atom. The van der Waals surface area contributed by atoms with Crippen molar-refractivity contribution in [2.45, 2.75) is 26.3 Å². The van der Waals surface area contributed by atoms with Gasteiger partial charge in [-0.1, -0.05) is 19.1 Å². The maximum atomic E-state index is 12.5. The summed E-state index contributed by atoms with van der Waals surface area (Å²) >= 11 is 0. The van der Waals surface area contributed by atoms with Crippen molar-refractivity contribution in [3.8, 4) is 17.0 Å². The number of aromatic hydroxyl groups is 1. The molecule has 25 heavy (non-hydrogen) atoms. The fourth-order valence-electron chi connectivity index (χ4n) is 2.64. The van der Waals surface area contributed by atoms with Gasteiger partial charge in [-0.15, -0.1) is 0 Å². The van der Waals surface area contributed by atoms with Gasteiger partial charge in [0, 0.05) is 11.8 Å². The molecule has 0 radical (unpaired) electrons. The van der Waals surface area contributed by atoms with Crippen LogP contribution >= 0.6 is 0 Å². The monoisotopic (exact) mass is 336 g/mol. The van der Waals surface area contributed by atoms with E-state index in [0.717, 1.165) is 17.7 Å². The lowest BCUT2D eigenvalue weighted by Crippen LogP contribution is -2.29. The second kappa shape index (κ2) is 7.17. The maximum absolute atomic E-state index is 12.5. The summed E-state index contributed by atoms with van der Waals surface area (Å²) in [7, 11) is 0. The molecule has 0 aliphatic rings. The van der Waals surface area contributed by atoms with Crippen LogP contribution in [0.4, 0.5) is 0 Å². The molecule has 2 aromatic heterocycles. The number of carbonyl (C=O) groups excluding carboxylic acids is 1. The predicted octanol–water partition coefficient (Wildman–Crippen LogP) is 3.37. The van der Waals surface area contributed by atoms with Gasteiger partial charge in [0.1, 0.15) is 11.4 Å². The number of aromatic nitrogens is 3. The molecule has 0 aliphatic heterocycles. The Hall–Kier alpha value is -3.15. The topological polar surface area (TPSA) is 90.9 Å². The Balaban J connectivity index is 1.78. The molecule has 3 aromatic rings. The lowest BCUT2D eigenvalue weighted by atomic mass is 10.1. The predicted molar refractivity (Wildman–Crippen MR) is 95.2 cm³/mol. The summed E-state index contributed by atoms with van der Waals surface area (Å²) in [6.07, 6.45) is 2.47. The first kappa shape index (κ1) is 16.7. The van der Waals surface area contributed by atoms with Gasteiger partial charge in [0.05, 0.1) is 17.4 Å². The molecule has 0 saturated heterocycles. The van der Waals surface area contributed by atoms with Crippen molar-refractivity contribution in [3.05, 3.63) is 65.6 Å². The third-order valence-corrected chi connectivity index (χ3v) is 4.01. The van der Waals surface area contributed by atoms with E-state index in [4.69, 9.17) is 0 Å². The highest BCUT2D eigenvalue weighted by Gasteiger charge is 2.18. The van der Waals surface area contributed by atoms with E-state index in [1.165, 1.54) is 0 Å². The van der Waals surface area contributed by atoms with Gasteiger partial charge in [-0.2, -0.15) is 5.10 Å². The van der Waals surface area contributed by atoms with Crippen LogP contribution in [-0.4, -0.2) is 26.2 Å². The molecule has 6 nitrogen and oxygen atoms in total. The number of hydrogen-bond acceptors (Lipinski definition) is 4. The highest BCUT2D eigenvalue weighted by molar-refractivity contribution is 5.93. The smallest absolute Gasteiger partial charge is 0.269 e. The third kappa shape index (κ3) is 3.68. The van der Waals surface area contributed by atoms with Gasteiger partial charge in [-0.05, 0) is 49.2 Å². The molecule has 0 spiro atoms. The summed E-state index contributed by atoms with van der Waals surface area (Å²) < 4.78 is 0. The van der Waals surface area contributed by atoms with E-state index in [9.17, 15) is 9.90 Å². The van der Waals surface area contributed by atoms with Crippen LogP contribution in [0.15, 0.2) is 48.7 Å². The summed E-state index contributed by atoms with van der Waals surface area (Å²) in [6, 6.07) is 12.2. The molecule has 0 bridgehead atoms. The van der Waals surface area contributed by atoms with E-state index >= 15 is 0 Å². The van der Waals surface area contributed by atoms with Crippen LogP contribution in [-0.2, 0) is 0 Å². The number of nitrogens with one attached hydrogen (secondary N) is 2. The van der Waals surface area contributed by atoms with Gasteiger partial charge in [-0.25, -0.2) is 0 Å². The first-order valence-electron chi connectivity index (χ1n) is 8.15. The zero-order valence-electron chi connectivity index (χ0n) is 14.2. The number of phenols is 1. The van der Waals surface area contributed by atoms with Crippen LogP contribution in [0.1, 0.15) is 41.1 Å². The number of nitrogens with zero attached hydrogens (tertiary/aromatic N) is 2. The Morgan fingerprint density at radius 1 is 1.28 bits per heavy atom. The largest absolute Gasteiger partial charge is 0.507 e. The molecular formula is C19H20N4O2. The van der Waals surface area contributed by atoms with E-state index in [1.807, 2.05) is 26.0 Å². The normalized spacial score (nSPS) is 11.9. The van der Waals surface area contributed by atoms with Gasteiger partial charge in [-0.3, -0.25) is 14.9 Å². The molecule has 0 saturated carbocycles. The second-order valence-electron chi connectivity index (χ2n) is 5.88. The van der Waals surface area contributed by atoms with Crippen LogP contribution in [0.2, 0.25) is 0 Å². The number of amides is 1. The number of H-pyrrole nitrogens is 1. The first-order chi connectivity index (χ1) is 12.1. The third-order valence-electron chi connectivity index (χ3n) is 4.01. The van der Waals surface area contributed by atoms with Gasteiger partial charge < -0.3 is 10.4 Å². The van der Waals surface area contributed by atoms with Crippen molar-refractivity contribution >= 4 is 5.91 Å². The number of hydrogen-bond donors (Lipinski definition) is 3. The van der Waals surface area contributed by atoms with Crippen LogP contribution in [0, 0.1) is 6.92 Å². The second-order valence-corrected chi connectivity index (χ2v) is 5.88. The SMILES string of the molecule is CC[C@H](NC(=O)c1cc(-c2ccccc2O)n[nH]1)c1cc(C)ccn1. The molecule has 1 amide bonds. The minimum Gasteiger partial charge on any atom is -0.507 e. The quantitative estimate of drug-likeness (QED) is 0.666. The number of carbonyl (C=O) groups is 1. The Labute approximate surface area is 145 Å². The Kier molecular flexibility index (Phi) is 4.79. The average Bonchev–Trinajstić information content (AvgIpc) is 3.10. The highest BCUT2D eigenvalue weighted by Crippen LogP contribution is 2.27. The van der Waals surface area contributed by atoms with E-state index in [1.54, 1.807) is 36.5 Å². The highest BCUT2D eigenvalue weighted by atomic mass is 16.3. The van der Waals surface area contributed by atoms with Crippen LogP contribution in [0.5, 0.6) is 5.75 Å². The standard InChI is InChI=1S/C19H20N4O2/c1-3-14(16-10-12(2)8-9-20-16)21-19(25)17-11-15(22-23-17)13-6-4-5-7-18(13)24/h4-11,14,24H,3H2,1-2H3,(H,21,25)(H,22,23)/t14-/m0/s1. The molecule has 0 unspecified atom stereocenters. The number of benzene rings is 1. The van der Waals surface area contributed by atoms with Crippen molar-refractivity contribution in [2.24, 2.45) is 0 Å². The average molecular weight is 336 g/mol. The van der Waals surface area contributed by atoms with E-state index < -0.39 is 0 Å². The summed E-state index contributed by atoms with van der Waals surface area (Å²) in [6.45, 7) is 3.99. The maximum Gasteiger partial charge on any atom is 0.269 e. The van der Waals surface area contributed by atoms with Crippen molar-refractivity contribution < 1.29 is 9.90 Å². The van der Waals surface area contributed by atoms with Crippen LogP contribution in [0.25, 0.3) is 11.3 Å². The van der Waals surface area contributed by atoms with Crippen LogP contribution < -0.4 is 5.32 Å². The molecule has 128 valence electrons. The van der Waals surface area contributed by atoms with E-state index in [2.05, 4.69) is 20.5 Å². The van der Waals surface area contributed by atoms with Gasteiger partial charge in [0.15, 0.2) is 0 Å². The number of phenolic OH excluding ortho intramolecular Hbond substituents is 1. The molecule has 1 aromatic carbocycles. The first-order valence-corrected chi connectivity index (χ1v) is 8.15. The van der Waals surface area contributed by atoms with Crippen LogP contribution in [0.3, 0.4) is 0 Å². The zero-order valence-corrected chi connectivity index (χ0v) is 14.2. The van der Waals surface area contributed by atoms with Crippen molar-refractivity contribution in [1.29, 1.82) is 0 Å². The lowest BCUT2D eigenvalue weighted by molar-refractivity contribution is 0.0929. The molecule has 0 aliphatic carbocycles. The minimum absolute atomic E-state index is 0.122. The molecular weight excluding hydrogens is 316 g/mol. The Bertz CT molecular complexity index is 888. The van der Waals surface area contributed by atoms with Crippen molar-refractivity contribution in [3.63, 3.8) is 0 Å². The molecule has 0 fully saturated rings. The molecule has 2 heterocycles. The number of pyridine rings is 1. The summed E-state index contributed by atoms with van der Waals surface area (Å²) in [5.74, 6) is -0.138. The molecule has 1 atom stereocenters. The fourth-order valence-corrected chi connectivity index (χ4v) is 2.64. The van der Waals surface area contributed by atoms with Crippen molar-refractivity contribution in [2.75, 3.05) is 0 Å². The van der Waals surface area contributed by atoms with Gasteiger partial charge in [0.2, 0.25) is 0 Å². The summed E-state index contributed by atoms with van der Waals surface area (Å²) in [4.78, 5) is 16.9. The fraction of sp³-hybridized carbons (Fsp3) is 0.211. The molecule has 6 heteroatoms. The van der Waals surface area contributed by atoms with Gasteiger partial charge >= 0.3 is 0 Å². The van der Waals surface area contributed by atoms with E-state index in [-0.39, 0.29) is 17.7 Å². The number of para-hydroxylation sites is 1. The Morgan fingerprint density at radius 2 is 2.08 bits per heavy atom. The number of aryl methyl sites for hydroxylation is 1. The van der Waals surface area contributed by atoms with Crippen molar-refractivity contribution in [1.82, 2.24) is 20.5 Å². The summed E-state index contributed by atoms with van der Waals surface area (Å²) in [5.41, 5.74) is 3.36. The molecule has 3 rings (SSSR count). The van der Waals surface area contributed by atoms with E-state index in [0.29, 0.717) is 17.0 Å².